The van der Waals surface area contributed by atoms with Crippen molar-refractivity contribution in [3.63, 3.8) is 0 Å². The zero-order valence-electron chi connectivity index (χ0n) is 13.1. The highest BCUT2D eigenvalue weighted by atomic mass is 32.2. The highest BCUT2D eigenvalue weighted by molar-refractivity contribution is 7.89. The predicted molar refractivity (Wildman–Crippen MR) is 90.8 cm³/mol. The molecule has 0 aliphatic rings. The van der Waals surface area contributed by atoms with E-state index in [0.717, 1.165) is 15.2 Å². The maximum absolute atomic E-state index is 12.0. The van der Waals surface area contributed by atoms with Gasteiger partial charge in [-0.2, -0.15) is 0 Å². The zero-order chi connectivity index (χ0) is 16.2. The minimum atomic E-state index is -3.32. The normalized spacial score (nSPS) is 13.8. The molecule has 1 heterocycles. The third kappa shape index (κ3) is 5.31. The smallest absolute Gasteiger partial charge is 0.214 e. The fourth-order valence-electron chi connectivity index (χ4n) is 2.07. The average molecular weight is 342 g/mol. The van der Waals surface area contributed by atoms with Gasteiger partial charge >= 0.3 is 0 Å². The first-order valence-corrected chi connectivity index (χ1v) is 9.78. The number of ether oxygens (including phenoxy) is 1. The van der Waals surface area contributed by atoms with E-state index in [0.29, 0.717) is 6.42 Å². The lowest BCUT2D eigenvalue weighted by molar-refractivity contribution is 0.0911. The highest BCUT2D eigenvalue weighted by Gasteiger charge is 2.16. The molecule has 22 heavy (non-hydrogen) atoms. The van der Waals surface area contributed by atoms with Crippen molar-refractivity contribution >= 4 is 31.6 Å². The van der Waals surface area contributed by atoms with E-state index >= 15 is 0 Å². The van der Waals surface area contributed by atoms with E-state index in [1.807, 2.05) is 45.0 Å². The second-order valence-electron chi connectivity index (χ2n) is 5.54. The Morgan fingerprint density at radius 1 is 1.27 bits per heavy atom. The Morgan fingerprint density at radius 3 is 2.68 bits per heavy atom. The lowest BCUT2D eigenvalue weighted by atomic mass is 10.3. The van der Waals surface area contributed by atoms with Crippen molar-refractivity contribution in [1.82, 2.24) is 9.71 Å². The Labute approximate surface area is 135 Å². The average Bonchev–Trinajstić information content (AvgIpc) is 2.78. The summed E-state index contributed by atoms with van der Waals surface area (Å²) in [6, 6.07) is 7.73. The second kappa shape index (κ2) is 7.50. The number of aromatic nitrogens is 1. The molecule has 2 aromatic rings. The number of fused-ring (bicyclic) bond motifs is 1. The molecule has 2 rings (SSSR count). The largest absolute Gasteiger partial charge is 0.378 e. The Kier molecular flexibility index (Phi) is 5.91. The summed E-state index contributed by atoms with van der Waals surface area (Å²) in [5.41, 5.74) is 0.961. The van der Waals surface area contributed by atoms with Gasteiger partial charge in [0.15, 0.2) is 0 Å². The van der Waals surface area contributed by atoms with Crippen molar-refractivity contribution < 1.29 is 13.2 Å². The van der Waals surface area contributed by atoms with Crippen LogP contribution in [0.25, 0.3) is 10.2 Å². The predicted octanol–water partition coefficient (Wildman–Crippen LogP) is 2.57. The standard InChI is InChI=1S/C15H22N2O3S2/c1-11(2)20-8-9-22(18,19)17-12(3)10-15-16-13-6-4-5-7-14(13)21-15/h4-7,11-12,17H,8-10H2,1-3H3. The SMILES string of the molecule is CC(Cc1nc2ccccc2s1)NS(=O)(=O)CCOC(C)C. The molecule has 1 N–H and O–H groups in total. The maximum atomic E-state index is 12.0. The number of nitrogens with zero attached hydrogens (tertiary/aromatic N) is 1. The van der Waals surface area contributed by atoms with Gasteiger partial charge in [0.1, 0.15) is 0 Å². The molecule has 0 amide bonds. The molecule has 0 aliphatic heterocycles. The van der Waals surface area contributed by atoms with Gasteiger partial charge in [-0.3, -0.25) is 0 Å². The van der Waals surface area contributed by atoms with Crippen molar-refractivity contribution in [3.05, 3.63) is 29.3 Å². The molecule has 1 aromatic heterocycles. The quantitative estimate of drug-likeness (QED) is 0.800. The summed E-state index contributed by atoms with van der Waals surface area (Å²) in [5.74, 6) is -0.0185. The minimum Gasteiger partial charge on any atom is -0.378 e. The van der Waals surface area contributed by atoms with Crippen molar-refractivity contribution in [2.45, 2.75) is 39.3 Å². The van der Waals surface area contributed by atoms with Gasteiger partial charge in [-0.05, 0) is 32.9 Å². The number of hydrogen-bond acceptors (Lipinski definition) is 5. The summed E-state index contributed by atoms with van der Waals surface area (Å²) in [4.78, 5) is 4.53. The number of para-hydroxylation sites is 1. The Bertz CT molecular complexity index is 677. The van der Waals surface area contributed by atoms with Crippen LogP contribution in [0.15, 0.2) is 24.3 Å². The summed E-state index contributed by atoms with van der Waals surface area (Å²) in [6.07, 6.45) is 0.624. The Morgan fingerprint density at radius 2 is 2.00 bits per heavy atom. The third-order valence-electron chi connectivity index (χ3n) is 3.00. The molecular weight excluding hydrogens is 320 g/mol. The fourth-order valence-corrected chi connectivity index (χ4v) is 4.30. The first kappa shape index (κ1) is 17.3. The minimum absolute atomic E-state index is 0.0185. The monoisotopic (exact) mass is 342 g/mol. The Hall–Kier alpha value is -1.02. The van der Waals surface area contributed by atoms with Crippen LogP contribution >= 0.6 is 11.3 Å². The van der Waals surface area contributed by atoms with Crippen LogP contribution in [0, 0.1) is 0 Å². The van der Waals surface area contributed by atoms with Crippen molar-refractivity contribution in [3.8, 4) is 0 Å². The van der Waals surface area contributed by atoms with Gasteiger partial charge in [-0.15, -0.1) is 11.3 Å². The lowest BCUT2D eigenvalue weighted by Gasteiger charge is -2.13. The lowest BCUT2D eigenvalue weighted by Crippen LogP contribution is -2.37. The third-order valence-corrected chi connectivity index (χ3v) is 5.53. The van der Waals surface area contributed by atoms with E-state index in [4.69, 9.17) is 4.74 Å². The maximum Gasteiger partial charge on any atom is 0.214 e. The first-order chi connectivity index (χ1) is 10.4. The molecule has 1 aromatic carbocycles. The number of thiazole rings is 1. The molecule has 1 unspecified atom stereocenters. The molecule has 7 heteroatoms. The van der Waals surface area contributed by atoms with Crippen molar-refractivity contribution in [2.75, 3.05) is 12.4 Å². The van der Waals surface area contributed by atoms with Crippen LogP contribution in [0.1, 0.15) is 25.8 Å². The van der Waals surface area contributed by atoms with Crippen molar-refractivity contribution in [2.24, 2.45) is 0 Å². The molecule has 0 saturated carbocycles. The van der Waals surface area contributed by atoms with Crippen LogP contribution in [-0.4, -0.2) is 37.9 Å². The van der Waals surface area contributed by atoms with Gasteiger partial charge < -0.3 is 4.74 Å². The van der Waals surface area contributed by atoms with Gasteiger partial charge in [0.05, 0.1) is 33.7 Å². The Balaban J connectivity index is 1.90. The first-order valence-electron chi connectivity index (χ1n) is 7.32. The number of rotatable bonds is 8. The van der Waals surface area contributed by atoms with Gasteiger partial charge in [0.25, 0.3) is 0 Å². The summed E-state index contributed by atoms with van der Waals surface area (Å²) in [6.45, 7) is 5.83. The summed E-state index contributed by atoms with van der Waals surface area (Å²) >= 11 is 1.60. The molecule has 0 bridgehead atoms. The van der Waals surface area contributed by atoms with Crippen LogP contribution in [0.5, 0.6) is 0 Å². The molecule has 1 atom stereocenters. The molecule has 0 spiro atoms. The van der Waals surface area contributed by atoms with Crippen molar-refractivity contribution in [1.29, 1.82) is 0 Å². The topological polar surface area (TPSA) is 68.3 Å². The summed E-state index contributed by atoms with van der Waals surface area (Å²) in [5, 5.41) is 0.940. The van der Waals surface area contributed by atoms with E-state index in [9.17, 15) is 8.42 Å². The molecule has 0 fully saturated rings. The van der Waals surface area contributed by atoms with E-state index in [-0.39, 0.29) is 24.5 Å². The van der Waals surface area contributed by atoms with E-state index < -0.39 is 10.0 Å². The summed E-state index contributed by atoms with van der Waals surface area (Å²) in [7, 11) is -3.32. The van der Waals surface area contributed by atoms with Crippen LogP contribution < -0.4 is 4.72 Å². The molecule has 5 nitrogen and oxygen atoms in total. The number of hydrogen-bond donors (Lipinski definition) is 1. The number of sulfonamides is 1. The molecular formula is C15H22N2O3S2. The van der Waals surface area contributed by atoms with Crippen LogP contribution in [0.4, 0.5) is 0 Å². The fraction of sp³-hybridized carbons (Fsp3) is 0.533. The zero-order valence-corrected chi connectivity index (χ0v) is 14.7. The molecule has 0 radical (unpaired) electrons. The second-order valence-corrected chi connectivity index (χ2v) is 8.53. The highest BCUT2D eigenvalue weighted by Crippen LogP contribution is 2.22. The van der Waals surface area contributed by atoms with Crippen LogP contribution in [-0.2, 0) is 21.2 Å². The molecule has 0 saturated heterocycles. The molecule has 0 aliphatic carbocycles. The number of benzene rings is 1. The van der Waals surface area contributed by atoms with Gasteiger partial charge in [0, 0.05) is 12.5 Å². The van der Waals surface area contributed by atoms with E-state index in [2.05, 4.69) is 9.71 Å². The summed E-state index contributed by atoms with van der Waals surface area (Å²) < 4.78 is 33.0. The molecule has 122 valence electrons. The van der Waals surface area contributed by atoms with Crippen LogP contribution in [0.2, 0.25) is 0 Å². The van der Waals surface area contributed by atoms with Gasteiger partial charge in [-0.1, -0.05) is 12.1 Å². The van der Waals surface area contributed by atoms with E-state index in [1.54, 1.807) is 11.3 Å². The van der Waals surface area contributed by atoms with Gasteiger partial charge in [0.2, 0.25) is 10.0 Å². The van der Waals surface area contributed by atoms with E-state index in [1.165, 1.54) is 0 Å². The van der Waals surface area contributed by atoms with Crippen LogP contribution in [0.3, 0.4) is 0 Å². The van der Waals surface area contributed by atoms with Gasteiger partial charge in [-0.25, -0.2) is 18.1 Å². The number of nitrogens with one attached hydrogen (secondary N) is 1.